The van der Waals surface area contributed by atoms with E-state index in [4.69, 9.17) is 19.7 Å². The highest BCUT2D eigenvalue weighted by atomic mass is 16.5. The van der Waals surface area contributed by atoms with E-state index in [-0.39, 0.29) is 19.3 Å². The first-order valence-electron chi connectivity index (χ1n) is 15.9. The van der Waals surface area contributed by atoms with E-state index < -0.39 is 0 Å². The summed E-state index contributed by atoms with van der Waals surface area (Å²) in [6.45, 7) is 14.3. The average Bonchev–Trinajstić information content (AvgIpc) is 3.24. The lowest BCUT2D eigenvalue weighted by Gasteiger charge is -2.58. The molecule has 4 aliphatic carbocycles. The highest BCUT2D eigenvalue weighted by Gasteiger charge is 2.59. The van der Waals surface area contributed by atoms with Gasteiger partial charge in [-0.15, -0.1) is 0 Å². The summed E-state index contributed by atoms with van der Waals surface area (Å²) >= 11 is 0. The van der Waals surface area contributed by atoms with Crippen LogP contribution in [0.2, 0.25) is 0 Å². The molecule has 222 valence electrons. The molecule has 5 nitrogen and oxygen atoms in total. The maximum atomic E-state index is 10.2. The lowest BCUT2D eigenvalue weighted by Crippen LogP contribution is -2.50. The number of ether oxygens (including phenoxy) is 2. The van der Waals surface area contributed by atoms with Gasteiger partial charge < -0.3 is 24.8 Å². The molecule has 5 heteroatoms. The summed E-state index contributed by atoms with van der Waals surface area (Å²) in [5.74, 6) is 5.46. The van der Waals surface area contributed by atoms with Gasteiger partial charge in [-0.2, -0.15) is 0 Å². The number of allylic oxidation sites excluding steroid dienone is 1. The van der Waals surface area contributed by atoms with Gasteiger partial charge in [0.05, 0.1) is 45.7 Å². The van der Waals surface area contributed by atoms with Crippen LogP contribution in [-0.4, -0.2) is 61.1 Å². The zero-order valence-corrected chi connectivity index (χ0v) is 25.3. The van der Waals surface area contributed by atoms with Gasteiger partial charge in [0, 0.05) is 0 Å². The molecule has 3 fully saturated rings. The van der Waals surface area contributed by atoms with Crippen LogP contribution in [-0.2, 0) is 9.47 Å². The van der Waals surface area contributed by atoms with Crippen LogP contribution in [0.5, 0.6) is 0 Å². The van der Waals surface area contributed by atoms with Crippen molar-refractivity contribution in [2.75, 3.05) is 39.6 Å². The van der Waals surface area contributed by atoms with Crippen molar-refractivity contribution < 1.29 is 24.8 Å². The number of hydrogen-bond acceptors (Lipinski definition) is 5. The van der Waals surface area contributed by atoms with Crippen molar-refractivity contribution in [1.29, 1.82) is 0 Å². The minimum Gasteiger partial charge on any atom is -0.394 e. The summed E-state index contributed by atoms with van der Waals surface area (Å²) in [5, 5.41) is 26.7. The quantitative estimate of drug-likeness (QED) is 0.199. The van der Waals surface area contributed by atoms with Gasteiger partial charge in [-0.05, 0) is 97.7 Å². The van der Waals surface area contributed by atoms with Crippen molar-refractivity contribution >= 4 is 0 Å². The number of rotatable bonds is 12. The number of hydrogen-bond donors (Lipinski definition) is 3. The van der Waals surface area contributed by atoms with Crippen LogP contribution in [0.4, 0.5) is 0 Å². The van der Waals surface area contributed by atoms with Crippen molar-refractivity contribution in [2.45, 2.75) is 111 Å². The molecule has 0 radical (unpaired) electrons. The summed E-state index contributed by atoms with van der Waals surface area (Å²) in [6, 6.07) is 0. The normalized spacial score (nSPS) is 37.0. The molecular formula is C33H60O5. The van der Waals surface area contributed by atoms with E-state index >= 15 is 0 Å². The molecule has 0 aromatic carbocycles. The Hall–Kier alpha value is -0.460. The Labute approximate surface area is 233 Å². The van der Waals surface area contributed by atoms with Gasteiger partial charge in [0.15, 0.2) is 0 Å². The topological polar surface area (TPSA) is 79.2 Å². The molecule has 38 heavy (non-hydrogen) atoms. The fraction of sp³-hybridized carbons (Fsp3) is 0.939. The van der Waals surface area contributed by atoms with Crippen LogP contribution >= 0.6 is 0 Å². The summed E-state index contributed by atoms with van der Waals surface area (Å²) < 4.78 is 9.75. The molecule has 0 bridgehead atoms. The van der Waals surface area contributed by atoms with Crippen LogP contribution in [0.3, 0.4) is 0 Å². The Bertz CT molecular complexity index is 714. The van der Waals surface area contributed by atoms with E-state index in [1.54, 1.807) is 5.57 Å². The van der Waals surface area contributed by atoms with Gasteiger partial charge in [0.2, 0.25) is 0 Å². The third-order valence-corrected chi connectivity index (χ3v) is 11.1. The highest BCUT2D eigenvalue weighted by molar-refractivity contribution is 5.25. The second-order valence-electron chi connectivity index (χ2n) is 13.9. The second kappa shape index (κ2) is 15.0. The van der Waals surface area contributed by atoms with Gasteiger partial charge >= 0.3 is 0 Å². The van der Waals surface area contributed by atoms with Crippen molar-refractivity contribution in [3.8, 4) is 0 Å². The third kappa shape index (κ3) is 7.63. The molecule has 0 aromatic heterocycles. The molecule has 0 aromatic rings. The average molecular weight is 537 g/mol. The maximum Gasteiger partial charge on any atom is 0.0701 e. The van der Waals surface area contributed by atoms with E-state index in [1.807, 2.05) is 0 Å². The minimum absolute atomic E-state index is 0.0417. The molecule has 3 saturated carbocycles. The Kier molecular flexibility index (Phi) is 12.6. The Morgan fingerprint density at radius 3 is 2.18 bits per heavy atom. The molecule has 8 atom stereocenters. The van der Waals surface area contributed by atoms with Crippen molar-refractivity contribution in [3.05, 3.63) is 11.6 Å². The van der Waals surface area contributed by atoms with E-state index in [0.29, 0.717) is 37.3 Å². The van der Waals surface area contributed by atoms with E-state index in [2.05, 4.69) is 40.7 Å². The SMILES string of the molecule is CC(C)CCC[C@@H](C)[C@H]1CC[C@H]2[C@@H]3CC=C4C[C@@H](O)CC[C@]4(C)[C@H]3CC[C@]12C.OCCOCCOCCO. The molecule has 0 amide bonds. The Morgan fingerprint density at radius 1 is 0.868 bits per heavy atom. The van der Waals surface area contributed by atoms with Crippen LogP contribution in [0, 0.1) is 46.3 Å². The maximum absolute atomic E-state index is 10.2. The Balaban J connectivity index is 0.000000342. The first-order valence-corrected chi connectivity index (χ1v) is 15.9. The number of fused-ring (bicyclic) bond motifs is 5. The fourth-order valence-electron chi connectivity index (χ4n) is 9.12. The largest absolute Gasteiger partial charge is 0.394 e. The van der Waals surface area contributed by atoms with Gasteiger partial charge in [-0.3, -0.25) is 0 Å². The Morgan fingerprint density at radius 2 is 1.55 bits per heavy atom. The molecule has 0 aliphatic heterocycles. The molecule has 4 aliphatic rings. The van der Waals surface area contributed by atoms with Gasteiger partial charge in [-0.1, -0.05) is 65.5 Å². The summed E-state index contributed by atoms with van der Waals surface area (Å²) in [7, 11) is 0. The standard InChI is InChI=1S/C27H46O.C6H14O4/c1-18(2)7-6-8-19(3)23-11-12-24-22-10-9-20-17-21(28)13-15-26(20,4)25(22)14-16-27(23,24)5;7-1-3-9-5-6-10-4-2-8/h9,18-19,21-25,28H,6-8,10-17H2,1-5H3;7-8H,1-6H2/t19-,21+,22+,23-,24+,25+,26+,27-;/m1./s1. The third-order valence-electron chi connectivity index (χ3n) is 11.1. The van der Waals surface area contributed by atoms with E-state index in [1.165, 1.54) is 57.8 Å². The number of aliphatic hydroxyl groups is 3. The fourth-order valence-corrected chi connectivity index (χ4v) is 9.12. The molecule has 3 N–H and O–H groups in total. The molecule has 0 spiro atoms. The zero-order chi connectivity index (χ0) is 27.8. The van der Waals surface area contributed by atoms with Crippen LogP contribution < -0.4 is 0 Å². The molecule has 4 rings (SSSR count). The molecular weight excluding hydrogens is 476 g/mol. The predicted molar refractivity (Wildman–Crippen MR) is 155 cm³/mol. The molecule has 0 unspecified atom stereocenters. The summed E-state index contributed by atoms with van der Waals surface area (Å²) in [5.41, 5.74) is 2.60. The number of aliphatic hydroxyl groups excluding tert-OH is 3. The van der Waals surface area contributed by atoms with Crippen LogP contribution in [0.25, 0.3) is 0 Å². The van der Waals surface area contributed by atoms with Crippen molar-refractivity contribution in [1.82, 2.24) is 0 Å². The van der Waals surface area contributed by atoms with Crippen LogP contribution in [0.15, 0.2) is 11.6 Å². The van der Waals surface area contributed by atoms with Gasteiger partial charge in [0.1, 0.15) is 0 Å². The summed E-state index contributed by atoms with van der Waals surface area (Å²) in [6.07, 6.45) is 17.2. The highest BCUT2D eigenvalue weighted by Crippen LogP contribution is 2.67. The monoisotopic (exact) mass is 536 g/mol. The van der Waals surface area contributed by atoms with E-state index in [9.17, 15) is 5.11 Å². The second-order valence-corrected chi connectivity index (χ2v) is 13.9. The lowest BCUT2D eigenvalue weighted by molar-refractivity contribution is -0.0573. The van der Waals surface area contributed by atoms with Crippen LogP contribution in [0.1, 0.15) is 105 Å². The predicted octanol–water partition coefficient (Wildman–Crippen LogP) is 6.39. The zero-order valence-electron chi connectivity index (χ0n) is 25.3. The summed E-state index contributed by atoms with van der Waals surface area (Å²) in [4.78, 5) is 0. The smallest absolute Gasteiger partial charge is 0.0701 e. The lowest BCUT2D eigenvalue weighted by atomic mass is 9.47. The molecule has 0 heterocycles. The first kappa shape index (κ1) is 32.1. The van der Waals surface area contributed by atoms with Crippen molar-refractivity contribution in [3.63, 3.8) is 0 Å². The first-order chi connectivity index (χ1) is 18.2. The minimum atomic E-state index is -0.0766. The van der Waals surface area contributed by atoms with Gasteiger partial charge in [-0.25, -0.2) is 0 Å². The van der Waals surface area contributed by atoms with E-state index in [0.717, 1.165) is 48.3 Å². The molecule has 0 saturated heterocycles. The van der Waals surface area contributed by atoms with Crippen molar-refractivity contribution in [2.24, 2.45) is 46.3 Å². The van der Waals surface area contributed by atoms with Gasteiger partial charge in [0.25, 0.3) is 0 Å².